The third kappa shape index (κ3) is 3.47. The summed E-state index contributed by atoms with van der Waals surface area (Å²) in [4.78, 5) is 13.3. The van der Waals surface area contributed by atoms with Crippen molar-refractivity contribution < 1.29 is 4.79 Å². The van der Waals surface area contributed by atoms with Crippen LogP contribution >= 0.6 is 11.8 Å². The van der Waals surface area contributed by atoms with Gasteiger partial charge in [0.2, 0.25) is 5.91 Å². The first-order chi connectivity index (χ1) is 7.15. The minimum atomic E-state index is 0.117. The Morgan fingerprint density at radius 3 is 2.53 bits per heavy atom. The summed E-state index contributed by atoms with van der Waals surface area (Å²) in [7, 11) is 1.78. The van der Waals surface area contributed by atoms with Crippen molar-refractivity contribution in [3.05, 3.63) is 24.3 Å². The molecule has 82 valence electrons. The van der Waals surface area contributed by atoms with Crippen LogP contribution in [0.3, 0.4) is 0 Å². The summed E-state index contributed by atoms with van der Waals surface area (Å²) < 4.78 is 0. The highest BCUT2D eigenvalue weighted by atomic mass is 32.2. The lowest BCUT2D eigenvalue weighted by Gasteiger charge is -2.17. The van der Waals surface area contributed by atoms with E-state index in [-0.39, 0.29) is 5.91 Å². The Hall–Kier alpha value is -1.16. The molecule has 0 spiro atoms. The number of nitrogens with two attached hydrogens (primary N) is 1. The van der Waals surface area contributed by atoms with Gasteiger partial charge in [-0.25, -0.2) is 0 Å². The molecule has 0 radical (unpaired) electrons. The molecule has 0 unspecified atom stereocenters. The molecule has 0 bridgehead atoms. The number of amides is 1. The first-order valence-electron chi connectivity index (χ1n) is 4.85. The van der Waals surface area contributed by atoms with Crippen LogP contribution in [0.15, 0.2) is 24.3 Å². The Kier molecular flexibility index (Phi) is 4.49. The Balaban J connectivity index is 2.63. The second-order valence-corrected chi connectivity index (χ2v) is 4.46. The maximum absolute atomic E-state index is 11.7. The molecular weight excluding hydrogens is 208 g/mol. The Morgan fingerprint density at radius 1 is 1.40 bits per heavy atom. The lowest BCUT2D eigenvalue weighted by molar-refractivity contribution is -0.115. The number of rotatable bonds is 4. The minimum Gasteiger partial charge on any atom is -0.399 e. The molecule has 1 aromatic rings. The first kappa shape index (κ1) is 11.9. The van der Waals surface area contributed by atoms with Crippen molar-refractivity contribution in [2.45, 2.75) is 6.92 Å². The largest absolute Gasteiger partial charge is 0.399 e. The summed E-state index contributed by atoms with van der Waals surface area (Å²) >= 11 is 1.63. The van der Waals surface area contributed by atoms with Crippen molar-refractivity contribution in [3.8, 4) is 0 Å². The first-order valence-corrected chi connectivity index (χ1v) is 6.00. The van der Waals surface area contributed by atoms with Crippen molar-refractivity contribution in [2.24, 2.45) is 0 Å². The highest BCUT2D eigenvalue weighted by molar-refractivity contribution is 7.99. The van der Waals surface area contributed by atoms with Crippen molar-refractivity contribution in [3.63, 3.8) is 0 Å². The summed E-state index contributed by atoms with van der Waals surface area (Å²) in [6.45, 7) is 2.04. The van der Waals surface area contributed by atoms with Gasteiger partial charge in [-0.1, -0.05) is 6.92 Å². The molecule has 1 rings (SSSR count). The Bertz CT molecular complexity index is 324. The number of hydrogen-bond donors (Lipinski definition) is 1. The molecule has 0 aliphatic heterocycles. The summed E-state index contributed by atoms with van der Waals surface area (Å²) in [5, 5.41) is 0. The van der Waals surface area contributed by atoms with Crippen LogP contribution in [0.4, 0.5) is 11.4 Å². The van der Waals surface area contributed by atoms with Crippen molar-refractivity contribution in [1.29, 1.82) is 0 Å². The van der Waals surface area contributed by atoms with E-state index in [1.807, 2.05) is 19.1 Å². The third-order valence-electron chi connectivity index (χ3n) is 2.08. The standard InChI is InChI=1S/C11H16N2OS/c1-3-15-8-11(14)13(2)10-6-4-9(12)5-7-10/h4-7H,3,8,12H2,1-2H3. The van der Waals surface area contributed by atoms with Crippen molar-refractivity contribution >= 4 is 29.0 Å². The fourth-order valence-electron chi connectivity index (χ4n) is 1.13. The van der Waals surface area contributed by atoms with Crippen LogP contribution in [0.2, 0.25) is 0 Å². The monoisotopic (exact) mass is 224 g/mol. The topological polar surface area (TPSA) is 46.3 Å². The van der Waals surface area contributed by atoms with Gasteiger partial charge < -0.3 is 10.6 Å². The van der Waals surface area contributed by atoms with Gasteiger partial charge in [0.15, 0.2) is 0 Å². The third-order valence-corrected chi connectivity index (χ3v) is 2.94. The van der Waals surface area contributed by atoms with E-state index >= 15 is 0 Å². The van der Waals surface area contributed by atoms with E-state index in [1.54, 1.807) is 35.8 Å². The molecule has 3 nitrogen and oxygen atoms in total. The number of benzene rings is 1. The van der Waals surface area contributed by atoms with Crippen molar-refractivity contribution in [1.82, 2.24) is 0 Å². The molecule has 0 heterocycles. The van der Waals surface area contributed by atoms with Gasteiger partial charge in [-0.15, -0.1) is 0 Å². The van der Waals surface area contributed by atoms with Crippen LogP contribution in [0.5, 0.6) is 0 Å². The van der Waals surface area contributed by atoms with E-state index < -0.39 is 0 Å². The minimum absolute atomic E-state index is 0.117. The number of nitrogen functional groups attached to an aromatic ring is 1. The van der Waals surface area contributed by atoms with Crippen LogP contribution in [-0.4, -0.2) is 24.5 Å². The molecule has 1 amide bonds. The summed E-state index contributed by atoms with van der Waals surface area (Å²) in [5.74, 6) is 1.60. The maximum Gasteiger partial charge on any atom is 0.236 e. The smallest absolute Gasteiger partial charge is 0.236 e. The summed E-state index contributed by atoms with van der Waals surface area (Å²) in [5.41, 5.74) is 7.17. The molecule has 0 saturated carbocycles. The zero-order valence-electron chi connectivity index (χ0n) is 9.06. The fourth-order valence-corrected chi connectivity index (χ4v) is 1.70. The molecule has 4 heteroatoms. The summed E-state index contributed by atoms with van der Waals surface area (Å²) in [6, 6.07) is 7.30. The molecule has 2 N–H and O–H groups in total. The quantitative estimate of drug-likeness (QED) is 0.795. The average Bonchev–Trinajstić information content (AvgIpc) is 2.26. The molecule has 15 heavy (non-hydrogen) atoms. The number of carbonyl (C=O) groups is 1. The van der Waals surface area contributed by atoms with E-state index in [2.05, 4.69) is 0 Å². The van der Waals surface area contributed by atoms with E-state index in [4.69, 9.17) is 5.73 Å². The molecule has 0 aliphatic carbocycles. The van der Waals surface area contributed by atoms with Gasteiger partial charge in [0, 0.05) is 18.4 Å². The second kappa shape index (κ2) is 5.66. The van der Waals surface area contributed by atoms with Gasteiger partial charge in [-0.05, 0) is 30.0 Å². The van der Waals surface area contributed by atoms with Crippen molar-refractivity contribution in [2.75, 3.05) is 29.2 Å². The lowest BCUT2D eigenvalue weighted by atomic mass is 10.2. The molecular formula is C11H16N2OS. The number of nitrogens with zero attached hydrogens (tertiary/aromatic N) is 1. The SMILES string of the molecule is CCSCC(=O)N(C)c1ccc(N)cc1. The Morgan fingerprint density at radius 2 is 2.00 bits per heavy atom. The Labute approximate surface area is 94.6 Å². The normalized spacial score (nSPS) is 10.0. The van der Waals surface area contributed by atoms with Gasteiger partial charge in [0.05, 0.1) is 5.75 Å². The summed E-state index contributed by atoms with van der Waals surface area (Å²) in [6.07, 6.45) is 0. The maximum atomic E-state index is 11.7. The lowest BCUT2D eigenvalue weighted by Crippen LogP contribution is -2.27. The molecule has 0 aliphatic rings. The molecule has 0 aromatic heterocycles. The van der Waals surface area contributed by atoms with E-state index in [9.17, 15) is 4.79 Å². The zero-order valence-corrected chi connectivity index (χ0v) is 9.88. The van der Waals surface area contributed by atoms with E-state index in [1.165, 1.54) is 0 Å². The fraction of sp³-hybridized carbons (Fsp3) is 0.364. The molecule has 1 aromatic carbocycles. The van der Waals surface area contributed by atoms with Crippen LogP contribution < -0.4 is 10.6 Å². The highest BCUT2D eigenvalue weighted by Crippen LogP contribution is 2.15. The van der Waals surface area contributed by atoms with Gasteiger partial charge in [-0.2, -0.15) is 11.8 Å². The number of carbonyl (C=O) groups excluding carboxylic acids is 1. The van der Waals surface area contributed by atoms with Crippen LogP contribution in [0, 0.1) is 0 Å². The number of anilines is 2. The molecule has 0 atom stereocenters. The predicted molar refractivity (Wildman–Crippen MR) is 67.3 cm³/mol. The van der Waals surface area contributed by atoms with E-state index in [0.717, 1.165) is 11.4 Å². The van der Waals surface area contributed by atoms with Crippen LogP contribution in [-0.2, 0) is 4.79 Å². The van der Waals surface area contributed by atoms with Gasteiger partial charge in [0.1, 0.15) is 0 Å². The highest BCUT2D eigenvalue weighted by Gasteiger charge is 2.09. The zero-order chi connectivity index (χ0) is 11.3. The van der Waals surface area contributed by atoms with Crippen LogP contribution in [0.1, 0.15) is 6.92 Å². The average molecular weight is 224 g/mol. The van der Waals surface area contributed by atoms with Gasteiger partial charge in [-0.3, -0.25) is 4.79 Å². The van der Waals surface area contributed by atoms with Gasteiger partial charge in [0.25, 0.3) is 0 Å². The molecule has 0 saturated heterocycles. The second-order valence-electron chi connectivity index (χ2n) is 3.18. The number of thioether (sulfide) groups is 1. The number of hydrogen-bond acceptors (Lipinski definition) is 3. The van der Waals surface area contributed by atoms with Crippen LogP contribution in [0.25, 0.3) is 0 Å². The van der Waals surface area contributed by atoms with Gasteiger partial charge >= 0.3 is 0 Å². The van der Waals surface area contributed by atoms with E-state index in [0.29, 0.717) is 11.4 Å². The molecule has 0 fully saturated rings. The predicted octanol–water partition coefficient (Wildman–Crippen LogP) is 1.98.